The van der Waals surface area contributed by atoms with E-state index in [0.717, 1.165) is 27.8 Å². The van der Waals surface area contributed by atoms with Gasteiger partial charge in [0.15, 0.2) is 5.65 Å². The summed E-state index contributed by atoms with van der Waals surface area (Å²) in [4.78, 5) is 32.2. The number of fused-ring (bicyclic) bond motifs is 2. The van der Waals surface area contributed by atoms with E-state index in [1.54, 1.807) is 28.0 Å². The fourth-order valence-corrected chi connectivity index (χ4v) is 5.45. The highest BCUT2D eigenvalue weighted by Gasteiger charge is 2.42. The van der Waals surface area contributed by atoms with Crippen molar-refractivity contribution in [1.29, 1.82) is 0 Å². The van der Waals surface area contributed by atoms with Gasteiger partial charge in [0.1, 0.15) is 41.8 Å². The fourth-order valence-electron chi connectivity index (χ4n) is 5.45. The zero-order valence-corrected chi connectivity index (χ0v) is 26.0. The van der Waals surface area contributed by atoms with Crippen LogP contribution in [0.3, 0.4) is 0 Å². The van der Waals surface area contributed by atoms with Crippen LogP contribution in [0.5, 0.6) is 11.6 Å². The van der Waals surface area contributed by atoms with Crippen molar-refractivity contribution in [3.63, 3.8) is 0 Å². The third-order valence-electron chi connectivity index (χ3n) is 7.85. The van der Waals surface area contributed by atoms with Gasteiger partial charge in [0, 0.05) is 48.8 Å². The number of rotatable bonds is 5. The van der Waals surface area contributed by atoms with Crippen LogP contribution in [-0.4, -0.2) is 77.4 Å². The quantitative estimate of drug-likeness (QED) is 0.256. The van der Waals surface area contributed by atoms with Gasteiger partial charge in [-0.05, 0) is 69.7 Å². The van der Waals surface area contributed by atoms with E-state index in [9.17, 15) is 4.79 Å². The number of likely N-dealkylation sites (tertiary alicyclic amines) is 1. The van der Waals surface area contributed by atoms with E-state index in [4.69, 9.17) is 14.2 Å². The first-order chi connectivity index (χ1) is 22.1. The lowest BCUT2D eigenvalue weighted by Gasteiger charge is -2.38. The maximum absolute atomic E-state index is 12.5. The van der Waals surface area contributed by atoms with Gasteiger partial charge >= 0.3 is 6.09 Å². The zero-order chi connectivity index (χ0) is 31.9. The smallest absolute Gasteiger partial charge is 0.410 e. The molecular formula is C32H34N10O4. The maximum atomic E-state index is 12.5. The minimum atomic E-state index is -0.525. The van der Waals surface area contributed by atoms with Crippen molar-refractivity contribution < 1.29 is 19.0 Å². The summed E-state index contributed by atoms with van der Waals surface area (Å²) in [5.74, 6) is 1.76. The number of hydrogen-bond acceptors (Lipinski definition) is 12. The number of piperidine rings is 1. The predicted molar refractivity (Wildman–Crippen MR) is 172 cm³/mol. The molecule has 0 bridgehead atoms. The Kier molecular flexibility index (Phi) is 7.26. The van der Waals surface area contributed by atoms with Crippen molar-refractivity contribution in [3.05, 3.63) is 67.0 Å². The number of carbonyl (C=O) groups excluding carboxylic acids is 1. The van der Waals surface area contributed by atoms with E-state index in [1.165, 1.54) is 6.33 Å². The van der Waals surface area contributed by atoms with E-state index in [0.29, 0.717) is 61.6 Å². The van der Waals surface area contributed by atoms with Gasteiger partial charge in [-0.2, -0.15) is 0 Å². The molecule has 0 radical (unpaired) electrons. The average Bonchev–Trinajstić information content (AvgIpc) is 3.65. The van der Waals surface area contributed by atoms with Gasteiger partial charge in [0.25, 0.3) is 6.02 Å². The van der Waals surface area contributed by atoms with Crippen molar-refractivity contribution in [2.24, 2.45) is 4.99 Å². The Hall–Kier alpha value is -5.53. The number of amidine groups is 1. The van der Waals surface area contributed by atoms with Crippen LogP contribution in [0.15, 0.2) is 66.4 Å². The Bertz CT molecular complexity index is 1960. The Labute approximate surface area is 264 Å². The van der Waals surface area contributed by atoms with Gasteiger partial charge in [-0.3, -0.25) is 4.40 Å². The minimum Gasteiger partial charge on any atom is -0.456 e. The predicted octanol–water partition coefficient (Wildman–Crippen LogP) is 5.48. The van der Waals surface area contributed by atoms with Crippen molar-refractivity contribution in [1.82, 2.24) is 34.4 Å². The van der Waals surface area contributed by atoms with Crippen LogP contribution in [0.2, 0.25) is 0 Å². The topological polar surface area (TPSA) is 153 Å². The van der Waals surface area contributed by atoms with Crippen LogP contribution in [0.1, 0.15) is 39.2 Å². The average molecular weight is 623 g/mol. The number of benzene rings is 2. The largest absolute Gasteiger partial charge is 0.456 e. The van der Waals surface area contributed by atoms with Crippen LogP contribution >= 0.6 is 0 Å². The molecule has 2 aliphatic heterocycles. The summed E-state index contributed by atoms with van der Waals surface area (Å²) in [7, 11) is 0. The third kappa shape index (κ3) is 6.18. The number of nitrogens with one attached hydrogen (secondary N) is 2. The Balaban J connectivity index is 1.01. The summed E-state index contributed by atoms with van der Waals surface area (Å²) in [6, 6.07) is 13.8. The minimum absolute atomic E-state index is 0.291. The van der Waals surface area contributed by atoms with Crippen LogP contribution in [-0.2, 0) is 9.47 Å². The first-order valence-electron chi connectivity index (χ1n) is 15.1. The Morgan fingerprint density at radius 1 is 0.978 bits per heavy atom. The second-order valence-electron chi connectivity index (χ2n) is 12.5. The number of ether oxygens (including phenoxy) is 3. The highest BCUT2D eigenvalue weighted by atomic mass is 16.6. The molecule has 1 amide bonds. The van der Waals surface area contributed by atoms with E-state index >= 15 is 0 Å². The molecule has 14 heteroatoms. The van der Waals surface area contributed by atoms with Gasteiger partial charge < -0.3 is 29.7 Å². The normalized spacial score (nSPS) is 15.9. The number of aromatic nitrogens is 6. The lowest BCUT2D eigenvalue weighted by Crippen LogP contribution is -2.49. The van der Waals surface area contributed by atoms with Crippen molar-refractivity contribution >= 4 is 45.9 Å². The number of amides is 1. The molecule has 2 N–H and O–H groups in total. The van der Waals surface area contributed by atoms with Crippen LogP contribution < -0.4 is 15.4 Å². The number of aliphatic imine (C=N–C) groups is 1. The van der Waals surface area contributed by atoms with Gasteiger partial charge in [0.05, 0.1) is 12.1 Å². The number of hydrogen-bond donors (Lipinski definition) is 2. The summed E-state index contributed by atoms with van der Waals surface area (Å²) in [6.45, 7) is 9.23. The van der Waals surface area contributed by atoms with Gasteiger partial charge in [0.2, 0.25) is 5.88 Å². The molecule has 3 aromatic heterocycles. The van der Waals surface area contributed by atoms with E-state index in [2.05, 4.69) is 40.8 Å². The van der Waals surface area contributed by atoms with E-state index in [-0.39, 0.29) is 6.09 Å². The van der Waals surface area contributed by atoms with Crippen molar-refractivity contribution in [3.8, 4) is 11.6 Å². The molecule has 0 saturated carbocycles. The molecule has 1 saturated heterocycles. The van der Waals surface area contributed by atoms with Crippen LogP contribution in [0.4, 0.5) is 22.0 Å². The molecule has 14 nitrogen and oxygen atoms in total. The standard InChI is InChI=1S/C32H34N10O4/c1-20-13-21(6-8-25(20)44-27-15-26-40-37-19-42(26)18-36-27)38-28-23-14-22(5-7-24(23)34-17-35-28)39-29-33-16-32(45-29)9-11-41(12-10-32)30(43)46-31(2,3)4/h5-8,13-15,17-19H,9-12,16H2,1-4H3,(H,33,39)(H,34,35,38). The summed E-state index contributed by atoms with van der Waals surface area (Å²) in [5, 5.41) is 15.5. The van der Waals surface area contributed by atoms with E-state index < -0.39 is 11.2 Å². The summed E-state index contributed by atoms with van der Waals surface area (Å²) in [6.07, 6.45) is 5.79. The summed E-state index contributed by atoms with van der Waals surface area (Å²) < 4.78 is 19.6. The van der Waals surface area contributed by atoms with Crippen LogP contribution in [0, 0.1) is 6.92 Å². The molecule has 7 rings (SSSR count). The lowest BCUT2D eigenvalue weighted by molar-refractivity contribution is -0.0109. The maximum Gasteiger partial charge on any atom is 0.410 e. The molecule has 2 aromatic carbocycles. The Morgan fingerprint density at radius 2 is 1.78 bits per heavy atom. The van der Waals surface area contributed by atoms with E-state index in [1.807, 2.05) is 64.1 Å². The highest BCUT2D eigenvalue weighted by Crippen LogP contribution is 2.33. The SMILES string of the molecule is Cc1cc(Nc2ncnc3ccc(NC4=NCC5(CCN(C(=O)OC(C)(C)C)CC5)O4)cc23)ccc1Oc1cc2nncn2cn1. The number of anilines is 3. The Morgan fingerprint density at radius 3 is 2.59 bits per heavy atom. The summed E-state index contributed by atoms with van der Waals surface area (Å²) in [5.41, 5.74) is 3.03. The molecule has 5 aromatic rings. The molecule has 2 aliphatic rings. The summed E-state index contributed by atoms with van der Waals surface area (Å²) >= 11 is 0. The first kappa shape index (κ1) is 29.2. The molecule has 0 unspecified atom stereocenters. The van der Waals surface area contributed by atoms with Crippen molar-refractivity contribution in [2.75, 3.05) is 30.3 Å². The number of carbonyl (C=O) groups is 1. The number of aryl methyl sites for hydroxylation is 1. The molecule has 0 atom stereocenters. The molecule has 5 heterocycles. The molecule has 1 spiro atoms. The highest BCUT2D eigenvalue weighted by molar-refractivity contribution is 5.97. The van der Waals surface area contributed by atoms with Crippen LogP contribution in [0.25, 0.3) is 16.6 Å². The molecule has 1 fully saturated rings. The molecule has 46 heavy (non-hydrogen) atoms. The third-order valence-corrected chi connectivity index (χ3v) is 7.85. The number of nitrogens with zero attached hydrogens (tertiary/aromatic N) is 8. The van der Waals surface area contributed by atoms with Gasteiger partial charge in [-0.1, -0.05) is 0 Å². The zero-order valence-electron chi connectivity index (χ0n) is 26.0. The first-order valence-corrected chi connectivity index (χ1v) is 15.1. The molecular weight excluding hydrogens is 588 g/mol. The second kappa shape index (κ2) is 11.4. The van der Waals surface area contributed by atoms with Gasteiger partial charge in [-0.15, -0.1) is 10.2 Å². The molecule has 0 aliphatic carbocycles. The molecule has 236 valence electrons. The van der Waals surface area contributed by atoms with Gasteiger partial charge in [-0.25, -0.2) is 24.7 Å². The van der Waals surface area contributed by atoms with Crippen molar-refractivity contribution in [2.45, 2.75) is 51.7 Å². The lowest BCUT2D eigenvalue weighted by atomic mass is 9.92. The fraction of sp³-hybridized carbons (Fsp3) is 0.344. The monoisotopic (exact) mass is 622 g/mol. The second-order valence-corrected chi connectivity index (χ2v) is 12.5.